The molecule has 2 saturated heterocycles. The molecule has 0 aromatic heterocycles. The first-order valence-corrected chi connectivity index (χ1v) is 13.1. The van der Waals surface area contributed by atoms with E-state index in [0.29, 0.717) is 36.5 Å². The molecule has 0 saturated carbocycles. The summed E-state index contributed by atoms with van der Waals surface area (Å²) in [7, 11) is 0. The van der Waals surface area contributed by atoms with Crippen LogP contribution in [0.15, 0.2) is 0 Å². The number of nitrogens with zero attached hydrogens (tertiary/aromatic N) is 2. The van der Waals surface area contributed by atoms with Gasteiger partial charge in [-0.25, -0.2) is 0 Å². The molecule has 6 nitrogen and oxygen atoms in total. The maximum absolute atomic E-state index is 12.5. The maximum atomic E-state index is 12.5. The Morgan fingerprint density at radius 2 is 1.00 bits per heavy atom. The van der Waals surface area contributed by atoms with Crippen molar-refractivity contribution in [3.05, 3.63) is 0 Å². The van der Waals surface area contributed by atoms with Crippen molar-refractivity contribution < 1.29 is 19.1 Å². The third-order valence-electron chi connectivity index (χ3n) is 6.80. The zero-order chi connectivity index (χ0) is 23.3. The lowest BCUT2D eigenvalue weighted by atomic mass is 9.97. The van der Waals surface area contributed by atoms with Gasteiger partial charge in [-0.2, -0.15) is 0 Å². The van der Waals surface area contributed by atoms with Gasteiger partial charge in [0.25, 0.3) is 0 Å². The van der Waals surface area contributed by atoms with Crippen molar-refractivity contribution in [2.75, 3.05) is 39.4 Å². The summed E-state index contributed by atoms with van der Waals surface area (Å²) in [4.78, 5) is 29.0. The molecular weight excluding hydrogens is 404 g/mol. The van der Waals surface area contributed by atoms with E-state index >= 15 is 0 Å². The van der Waals surface area contributed by atoms with E-state index in [1.807, 2.05) is 9.80 Å². The molecule has 2 aliphatic heterocycles. The quantitative estimate of drug-likeness (QED) is 0.382. The Balaban J connectivity index is 1.46. The van der Waals surface area contributed by atoms with Gasteiger partial charge in [0.1, 0.15) is 0 Å². The van der Waals surface area contributed by atoms with Crippen molar-refractivity contribution in [1.82, 2.24) is 9.80 Å². The lowest BCUT2D eigenvalue weighted by Gasteiger charge is -2.32. The molecule has 0 spiro atoms. The second-order valence-corrected chi connectivity index (χ2v) is 10.3. The molecule has 2 fully saturated rings. The van der Waals surface area contributed by atoms with Gasteiger partial charge in [0.2, 0.25) is 11.8 Å². The lowest BCUT2D eigenvalue weighted by Crippen LogP contribution is -2.39. The van der Waals surface area contributed by atoms with Crippen LogP contribution in [0.2, 0.25) is 0 Å². The van der Waals surface area contributed by atoms with Crippen LogP contribution in [0.25, 0.3) is 0 Å². The standard InChI is InChI=1S/C26H48N2O4/c1-21(2)31-19-23-11-15-27(16-12-23)25(29)9-7-5-6-8-10-26(30)28-17-13-24(14-18-28)20-32-22(3)4/h21-24H,5-20H2,1-4H3. The fourth-order valence-corrected chi connectivity index (χ4v) is 4.58. The van der Waals surface area contributed by atoms with Crippen molar-refractivity contribution in [3.63, 3.8) is 0 Å². The molecule has 0 unspecified atom stereocenters. The van der Waals surface area contributed by atoms with Crippen LogP contribution in [0, 0.1) is 11.8 Å². The number of carbonyl (C=O) groups excluding carboxylic acids is 2. The zero-order valence-electron chi connectivity index (χ0n) is 21.2. The van der Waals surface area contributed by atoms with Gasteiger partial charge in [0.05, 0.1) is 12.2 Å². The molecule has 0 radical (unpaired) electrons. The molecule has 2 heterocycles. The van der Waals surface area contributed by atoms with E-state index < -0.39 is 0 Å². The van der Waals surface area contributed by atoms with Crippen molar-refractivity contribution >= 4 is 11.8 Å². The van der Waals surface area contributed by atoms with Crippen molar-refractivity contribution in [1.29, 1.82) is 0 Å². The highest BCUT2D eigenvalue weighted by atomic mass is 16.5. The smallest absolute Gasteiger partial charge is 0.222 e. The van der Waals surface area contributed by atoms with E-state index in [4.69, 9.17) is 9.47 Å². The van der Waals surface area contributed by atoms with Gasteiger partial charge in [0.15, 0.2) is 0 Å². The Kier molecular flexibility index (Phi) is 12.6. The van der Waals surface area contributed by atoms with E-state index in [0.717, 1.165) is 90.8 Å². The number of hydrogen-bond donors (Lipinski definition) is 0. The summed E-state index contributed by atoms with van der Waals surface area (Å²) in [6, 6.07) is 0. The molecule has 2 amide bonds. The molecule has 2 aliphatic rings. The van der Waals surface area contributed by atoms with Crippen LogP contribution in [-0.4, -0.2) is 73.2 Å². The molecule has 6 heteroatoms. The highest BCUT2D eigenvalue weighted by Gasteiger charge is 2.24. The normalized spacial score (nSPS) is 18.7. The Morgan fingerprint density at radius 1 is 0.656 bits per heavy atom. The third-order valence-corrected chi connectivity index (χ3v) is 6.80. The third kappa shape index (κ3) is 10.7. The van der Waals surface area contributed by atoms with E-state index in [1.54, 1.807) is 0 Å². The largest absolute Gasteiger partial charge is 0.379 e. The lowest BCUT2D eigenvalue weighted by molar-refractivity contribution is -0.134. The molecule has 0 atom stereocenters. The first kappa shape index (κ1) is 27.1. The molecule has 2 rings (SSSR count). The van der Waals surface area contributed by atoms with Crippen molar-refractivity contribution in [3.8, 4) is 0 Å². The Morgan fingerprint density at radius 3 is 1.31 bits per heavy atom. The number of amides is 2. The summed E-state index contributed by atoms with van der Waals surface area (Å²) in [6.45, 7) is 13.4. The van der Waals surface area contributed by atoms with Crippen LogP contribution in [0.4, 0.5) is 0 Å². The van der Waals surface area contributed by atoms with Gasteiger partial charge in [-0.1, -0.05) is 12.8 Å². The van der Waals surface area contributed by atoms with E-state index in [2.05, 4.69) is 27.7 Å². The minimum atomic E-state index is 0.284. The first-order valence-electron chi connectivity index (χ1n) is 13.1. The first-order chi connectivity index (χ1) is 15.3. The van der Waals surface area contributed by atoms with Gasteiger partial charge in [-0.05, 0) is 78.1 Å². The predicted molar refractivity (Wildman–Crippen MR) is 128 cm³/mol. The molecule has 0 aromatic rings. The Bertz CT molecular complexity index is 488. The summed E-state index contributed by atoms with van der Waals surface area (Å²) >= 11 is 0. The second-order valence-electron chi connectivity index (χ2n) is 10.3. The average molecular weight is 453 g/mol. The van der Waals surface area contributed by atoms with Crippen LogP contribution in [0.1, 0.15) is 91.9 Å². The number of ether oxygens (including phenoxy) is 2. The molecule has 32 heavy (non-hydrogen) atoms. The second kappa shape index (κ2) is 14.9. The van der Waals surface area contributed by atoms with Crippen LogP contribution >= 0.6 is 0 Å². The number of likely N-dealkylation sites (tertiary alicyclic amines) is 2. The summed E-state index contributed by atoms with van der Waals surface area (Å²) in [6.07, 6.45) is 10.0. The zero-order valence-corrected chi connectivity index (χ0v) is 21.2. The maximum Gasteiger partial charge on any atom is 0.222 e. The molecule has 0 bridgehead atoms. The average Bonchev–Trinajstić information content (AvgIpc) is 2.78. The molecular formula is C26H48N2O4. The summed E-state index contributed by atoms with van der Waals surface area (Å²) in [5, 5.41) is 0. The van der Waals surface area contributed by atoms with E-state index in [-0.39, 0.29) is 12.2 Å². The topological polar surface area (TPSA) is 59.1 Å². The number of hydrogen-bond acceptors (Lipinski definition) is 4. The fourth-order valence-electron chi connectivity index (χ4n) is 4.58. The Labute approximate surface area is 196 Å². The number of piperidine rings is 2. The van der Waals surface area contributed by atoms with Gasteiger partial charge in [-0.3, -0.25) is 9.59 Å². The van der Waals surface area contributed by atoms with Crippen molar-refractivity contribution in [2.45, 2.75) is 104 Å². The predicted octanol–water partition coefficient (Wildman–Crippen LogP) is 4.65. The van der Waals surface area contributed by atoms with Crippen LogP contribution in [-0.2, 0) is 19.1 Å². The SMILES string of the molecule is CC(C)OCC1CCN(C(=O)CCCCCCC(=O)N2CCC(COC(C)C)CC2)CC1. The molecule has 0 aliphatic carbocycles. The van der Waals surface area contributed by atoms with Gasteiger partial charge in [-0.15, -0.1) is 0 Å². The van der Waals surface area contributed by atoms with Crippen LogP contribution in [0.3, 0.4) is 0 Å². The minimum absolute atomic E-state index is 0.284. The minimum Gasteiger partial charge on any atom is -0.379 e. The summed E-state index contributed by atoms with van der Waals surface area (Å²) < 4.78 is 11.4. The Hall–Kier alpha value is -1.14. The van der Waals surface area contributed by atoms with Crippen LogP contribution in [0.5, 0.6) is 0 Å². The van der Waals surface area contributed by atoms with Gasteiger partial charge >= 0.3 is 0 Å². The van der Waals surface area contributed by atoms with Crippen molar-refractivity contribution in [2.24, 2.45) is 11.8 Å². The van der Waals surface area contributed by atoms with E-state index in [1.165, 1.54) is 0 Å². The molecule has 0 N–H and O–H groups in total. The summed E-state index contributed by atoms with van der Waals surface area (Å²) in [5.74, 6) is 1.79. The fraction of sp³-hybridized carbons (Fsp3) is 0.923. The highest BCUT2D eigenvalue weighted by Crippen LogP contribution is 2.21. The van der Waals surface area contributed by atoms with Gasteiger partial charge in [0, 0.05) is 52.2 Å². The number of unbranched alkanes of at least 4 members (excludes halogenated alkanes) is 3. The van der Waals surface area contributed by atoms with Gasteiger partial charge < -0.3 is 19.3 Å². The summed E-state index contributed by atoms with van der Waals surface area (Å²) in [5.41, 5.74) is 0. The molecule has 0 aromatic carbocycles. The monoisotopic (exact) mass is 452 g/mol. The molecule has 186 valence electrons. The van der Waals surface area contributed by atoms with Crippen LogP contribution < -0.4 is 0 Å². The number of carbonyl (C=O) groups is 2. The number of rotatable bonds is 13. The van der Waals surface area contributed by atoms with E-state index in [9.17, 15) is 9.59 Å². The highest BCUT2D eigenvalue weighted by molar-refractivity contribution is 5.76.